The number of ether oxygens (including phenoxy) is 1. The van der Waals surface area contributed by atoms with Crippen molar-refractivity contribution < 1.29 is 13.9 Å². The van der Waals surface area contributed by atoms with Crippen molar-refractivity contribution in [2.24, 2.45) is 5.73 Å². The van der Waals surface area contributed by atoms with Crippen LogP contribution in [0, 0.1) is 0 Å². The van der Waals surface area contributed by atoms with Gasteiger partial charge in [-0.2, -0.15) is 0 Å². The van der Waals surface area contributed by atoms with E-state index in [1.807, 2.05) is 0 Å². The first-order valence-corrected chi connectivity index (χ1v) is 6.66. The second-order valence-electron chi connectivity index (χ2n) is 5.06. The first-order valence-electron chi connectivity index (χ1n) is 5.86. The third-order valence-corrected chi connectivity index (χ3v) is 2.69. The smallest absolute Gasteiger partial charge is 0.412 e. The number of rotatable bonds is 3. The lowest BCUT2D eigenvalue weighted by Gasteiger charge is -2.21. The molecule has 1 amide bonds. The van der Waals surface area contributed by atoms with Crippen LogP contribution in [0.2, 0.25) is 0 Å². The van der Waals surface area contributed by atoms with Crippen LogP contribution in [-0.4, -0.2) is 18.2 Å². The Hall–Kier alpha value is -1.14. The highest BCUT2D eigenvalue weighted by atomic mass is 79.9. The average molecular weight is 333 g/mol. The van der Waals surface area contributed by atoms with E-state index in [2.05, 4.69) is 21.2 Å². The van der Waals surface area contributed by atoms with Crippen molar-refractivity contribution in [1.82, 2.24) is 0 Å². The molecular weight excluding hydrogens is 315 g/mol. The normalized spacial score (nSPS) is 12.9. The van der Waals surface area contributed by atoms with E-state index in [1.54, 1.807) is 39.0 Å². The Morgan fingerprint density at radius 2 is 2.16 bits per heavy atom. The molecule has 0 aliphatic carbocycles. The second kappa shape index (κ2) is 6.34. The van der Waals surface area contributed by atoms with E-state index in [0.717, 1.165) is 4.47 Å². The van der Waals surface area contributed by atoms with Gasteiger partial charge in [0.25, 0.3) is 0 Å². The van der Waals surface area contributed by atoms with Gasteiger partial charge in [0, 0.05) is 16.6 Å². The summed E-state index contributed by atoms with van der Waals surface area (Å²) in [7, 11) is 0. The summed E-state index contributed by atoms with van der Waals surface area (Å²) in [5.41, 5.74) is 5.38. The fraction of sp³-hybridized carbons (Fsp3) is 0.462. The van der Waals surface area contributed by atoms with Gasteiger partial charge in [-0.25, -0.2) is 9.18 Å². The summed E-state index contributed by atoms with van der Waals surface area (Å²) < 4.78 is 19.6. The molecule has 0 bridgehead atoms. The maximum atomic E-state index is 13.7. The van der Waals surface area contributed by atoms with Crippen molar-refractivity contribution in [1.29, 1.82) is 0 Å². The van der Waals surface area contributed by atoms with Gasteiger partial charge in [-0.15, -0.1) is 0 Å². The molecule has 1 aromatic carbocycles. The third kappa shape index (κ3) is 5.16. The van der Waals surface area contributed by atoms with Gasteiger partial charge in [-0.1, -0.05) is 22.0 Å². The molecular formula is C13H18BrFN2O2. The van der Waals surface area contributed by atoms with Crippen molar-refractivity contribution in [3.8, 4) is 0 Å². The molecule has 6 heteroatoms. The largest absolute Gasteiger partial charge is 0.444 e. The Kier molecular flexibility index (Phi) is 5.31. The summed E-state index contributed by atoms with van der Waals surface area (Å²) in [6.07, 6.45) is -1.96. The van der Waals surface area contributed by atoms with Crippen LogP contribution < -0.4 is 11.1 Å². The van der Waals surface area contributed by atoms with Crippen LogP contribution in [0.1, 0.15) is 32.5 Å². The second-order valence-corrected chi connectivity index (χ2v) is 5.98. The molecule has 0 spiro atoms. The Labute approximate surface area is 120 Å². The van der Waals surface area contributed by atoms with Crippen LogP contribution in [0.25, 0.3) is 0 Å². The minimum atomic E-state index is -1.34. The average Bonchev–Trinajstić information content (AvgIpc) is 2.25. The zero-order valence-electron chi connectivity index (χ0n) is 11.2. The molecule has 0 saturated carbocycles. The predicted molar refractivity (Wildman–Crippen MR) is 76.9 cm³/mol. The zero-order chi connectivity index (χ0) is 14.6. The third-order valence-electron chi connectivity index (χ3n) is 2.20. The molecule has 106 valence electrons. The van der Waals surface area contributed by atoms with E-state index >= 15 is 0 Å². The number of nitrogens with one attached hydrogen (secondary N) is 1. The number of carbonyl (C=O) groups is 1. The maximum Gasteiger partial charge on any atom is 0.412 e. The number of nitrogens with two attached hydrogens (primary N) is 1. The number of halogens is 2. The van der Waals surface area contributed by atoms with Crippen LogP contribution in [0.15, 0.2) is 22.7 Å². The summed E-state index contributed by atoms with van der Waals surface area (Å²) in [4.78, 5) is 11.7. The fourth-order valence-corrected chi connectivity index (χ4v) is 1.81. The number of hydrogen-bond acceptors (Lipinski definition) is 3. The van der Waals surface area contributed by atoms with E-state index < -0.39 is 17.9 Å². The summed E-state index contributed by atoms with van der Waals surface area (Å²) in [6, 6.07) is 4.88. The van der Waals surface area contributed by atoms with Gasteiger partial charge in [-0.3, -0.25) is 5.32 Å². The topological polar surface area (TPSA) is 64.3 Å². The van der Waals surface area contributed by atoms with E-state index in [9.17, 15) is 9.18 Å². The number of anilines is 1. The van der Waals surface area contributed by atoms with Crippen LogP contribution in [0.5, 0.6) is 0 Å². The van der Waals surface area contributed by atoms with Gasteiger partial charge < -0.3 is 10.5 Å². The minimum Gasteiger partial charge on any atom is -0.444 e. The molecule has 0 radical (unpaired) electrons. The molecule has 0 aliphatic rings. The first kappa shape index (κ1) is 15.9. The van der Waals surface area contributed by atoms with E-state index in [0.29, 0.717) is 11.3 Å². The quantitative estimate of drug-likeness (QED) is 0.885. The number of amides is 1. The maximum absolute atomic E-state index is 13.7. The van der Waals surface area contributed by atoms with Crippen LogP contribution in [0.4, 0.5) is 14.9 Å². The highest BCUT2D eigenvalue weighted by molar-refractivity contribution is 9.10. The molecule has 0 saturated heterocycles. The summed E-state index contributed by atoms with van der Waals surface area (Å²) in [5.74, 6) is 0. The van der Waals surface area contributed by atoms with Crippen molar-refractivity contribution in [3.05, 3.63) is 28.2 Å². The molecule has 0 aliphatic heterocycles. The molecule has 4 nitrogen and oxygen atoms in total. The van der Waals surface area contributed by atoms with Crippen molar-refractivity contribution in [2.75, 3.05) is 11.9 Å². The monoisotopic (exact) mass is 332 g/mol. The molecule has 1 aromatic rings. The highest BCUT2D eigenvalue weighted by Gasteiger charge is 2.19. The van der Waals surface area contributed by atoms with E-state index in [4.69, 9.17) is 10.5 Å². The zero-order valence-corrected chi connectivity index (χ0v) is 12.8. The van der Waals surface area contributed by atoms with Crippen molar-refractivity contribution in [3.63, 3.8) is 0 Å². The summed E-state index contributed by atoms with van der Waals surface area (Å²) >= 11 is 3.27. The molecule has 1 rings (SSSR count). The Balaban J connectivity index is 2.93. The molecule has 3 N–H and O–H groups in total. The molecule has 19 heavy (non-hydrogen) atoms. The minimum absolute atomic E-state index is 0.148. The van der Waals surface area contributed by atoms with Crippen molar-refractivity contribution in [2.45, 2.75) is 32.5 Å². The van der Waals surface area contributed by atoms with Crippen LogP contribution in [0.3, 0.4) is 0 Å². The Morgan fingerprint density at radius 3 is 2.68 bits per heavy atom. The molecule has 0 aromatic heterocycles. The number of hydrogen-bond donors (Lipinski definition) is 2. The number of alkyl halides is 1. The molecule has 0 fully saturated rings. The molecule has 1 atom stereocenters. The van der Waals surface area contributed by atoms with Crippen molar-refractivity contribution >= 4 is 27.7 Å². The van der Waals surface area contributed by atoms with Crippen LogP contribution >= 0.6 is 15.9 Å². The van der Waals surface area contributed by atoms with E-state index in [1.165, 1.54) is 0 Å². The summed E-state index contributed by atoms with van der Waals surface area (Å²) in [5, 5.41) is 2.54. The first-order chi connectivity index (χ1) is 8.73. The van der Waals surface area contributed by atoms with Gasteiger partial charge in [0.2, 0.25) is 0 Å². The van der Waals surface area contributed by atoms with Gasteiger partial charge >= 0.3 is 6.09 Å². The predicted octanol–water partition coefficient (Wildman–Crippen LogP) is 3.77. The van der Waals surface area contributed by atoms with Gasteiger partial charge in [0.15, 0.2) is 0 Å². The molecule has 0 heterocycles. The lowest BCUT2D eigenvalue weighted by atomic mass is 10.1. The SMILES string of the molecule is CC(C)(C)OC(=O)Nc1cc(Br)ccc1C(F)CN. The molecule has 1 unspecified atom stereocenters. The van der Waals surface area contributed by atoms with Gasteiger partial charge in [-0.05, 0) is 32.9 Å². The Bertz CT molecular complexity index is 460. The van der Waals surface area contributed by atoms with Gasteiger partial charge in [0.1, 0.15) is 11.8 Å². The Morgan fingerprint density at radius 1 is 1.53 bits per heavy atom. The van der Waals surface area contributed by atoms with E-state index in [-0.39, 0.29) is 6.54 Å². The number of carbonyl (C=O) groups excluding carboxylic acids is 1. The fourth-order valence-electron chi connectivity index (χ4n) is 1.45. The summed E-state index contributed by atoms with van der Waals surface area (Å²) in [6.45, 7) is 5.12. The van der Waals surface area contributed by atoms with Gasteiger partial charge in [0.05, 0.1) is 5.69 Å². The number of benzene rings is 1. The highest BCUT2D eigenvalue weighted by Crippen LogP contribution is 2.28. The lowest BCUT2D eigenvalue weighted by Crippen LogP contribution is -2.27. The van der Waals surface area contributed by atoms with Crippen LogP contribution in [-0.2, 0) is 4.74 Å². The standard InChI is InChI=1S/C13H18BrFN2O2/c1-13(2,3)19-12(18)17-11-6-8(14)4-5-9(11)10(15)7-16/h4-6,10H,7,16H2,1-3H3,(H,17,18). The lowest BCUT2D eigenvalue weighted by molar-refractivity contribution is 0.0635.